The van der Waals surface area contributed by atoms with Gasteiger partial charge in [0.2, 0.25) is 0 Å². The Labute approximate surface area is 125 Å². The monoisotopic (exact) mass is 335 g/mol. The van der Waals surface area contributed by atoms with E-state index in [-0.39, 0.29) is 12.0 Å². The Morgan fingerprint density at radius 1 is 1.25 bits per heavy atom. The molecule has 0 radical (unpaired) electrons. The van der Waals surface area contributed by atoms with Crippen molar-refractivity contribution in [3.63, 3.8) is 0 Å². The number of amides is 1. The van der Waals surface area contributed by atoms with Crippen LogP contribution in [0.25, 0.3) is 0 Å². The number of nitrogens with one attached hydrogen (secondary N) is 1. The predicted molar refractivity (Wildman–Crippen MR) is 77.5 cm³/mol. The van der Waals surface area contributed by atoms with Gasteiger partial charge in [0.25, 0.3) is 5.91 Å². The third-order valence-electron chi connectivity index (χ3n) is 3.33. The Morgan fingerprint density at radius 3 is 2.80 bits per heavy atom. The van der Waals surface area contributed by atoms with Gasteiger partial charge in [-0.25, -0.2) is 0 Å². The lowest BCUT2D eigenvalue weighted by atomic mass is 9.99. The fourth-order valence-electron chi connectivity index (χ4n) is 2.27. The van der Waals surface area contributed by atoms with Crippen molar-refractivity contribution in [2.75, 3.05) is 6.54 Å². The van der Waals surface area contributed by atoms with Crippen LogP contribution in [0.15, 0.2) is 45.5 Å². The zero-order valence-corrected chi connectivity index (χ0v) is 12.4. The fourth-order valence-corrected chi connectivity index (χ4v) is 2.58. The number of ether oxygens (including phenoxy) is 1. The standard InChI is InChI=1S/C15H14BrNO3/c16-14-6-5-13(20-14)15(18)17-8-12-7-10-3-1-2-4-11(10)9-19-12/h1-6,12H,7-9H2,(H,17,18)/t12-/m1/s1. The minimum absolute atomic E-state index is 0.00672. The van der Waals surface area contributed by atoms with Crippen LogP contribution in [0.1, 0.15) is 21.7 Å². The summed E-state index contributed by atoms with van der Waals surface area (Å²) in [6.45, 7) is 1.08. The number of hydrogen-bond donors (Lipinski definition) is 1. The SMILES string of the molecule is O=C(NC[C@H]1Cc2ccccc2CO1)c1ccc(Br)o1. The number of carbonyl (C=O) groups excluding carboxylic acids is 1. The molecular formula is C15H14BrNO3. The Balaban J connectivity index is 1.56. The molecule has 0 unspecified atom stereocenters. The normalized spacial score (nSPS) is 17.6. The van der Waals surface area contributed by atoms with E-state index in [4.69, 9.17) is 9.15 Å². The number of benzene rings is 1. The molecule has 4 nitrogen and oxygen atoms in total. The van der Waals surface area contributed by atoms with Gasteiger partial charge in [0.15, 0.2) is 10.4 Å². The topological polar surface area (TPSA) is 51.5 Å². The van der Waals surface area contributed by atoms with Gasteiger partial charge >= 0.3 is 0 Å². The van der Waals surface area contributed by atoms with Gasteiger partial charge in [-0.05, 0) is 39.2 Å². The van der Waals surface area contributed by atoms with E-state index in [1.807, 2.05) is 12.1 Å². The number of hydrogen-bond acceptors (Lipinski definition) is 3. The summed E-state index contributed by atoms with van der Waals surface area (Å²) < 4.78 is 11.5. The van der Waals surface area contributed by atoms with Gasteiger partial charge in [0, 0.05) is 13.0 Å². The first-order valence-electron chi connectivity index (χ1n) is 6.44. The molecule has 0 fully saturated rings. The highest BCUT2D eigenvalue weighted by molar-refractivity contribution is 9.10. The maximum atomic E-state index is 11.9. The van der Waals surface area contributed by atoms with Gasteiger partial charge in [-0.2, -0.15) is 0 Å². The van der Waals surface area contributed by atoms with E-state index < -0.39 is 0 Å². The van der Waals surface area contributed by atoms with Gasteiger partial charge in [0.1, 0.15) is 0 Å². The molecule has 0 bridgehead atoms. The predicted octanol–water partition coefficient (Wildman–Crippen LogP) is 2.91. The van der Waals surface area contributed by atoms with Gasteiger partial charge in [-0.1, -0.05) is 24.3 Å². The van der Waals surface area contributed by atoms with Crippen LogP contribution in [0.2, 0.25) is 0 Å². The largest absolute Gasteiger partial charge is 0.444 e. The van der Waals surface area contributed by atoms with Crippen LogP contribution >= 0.6 is 15.9 Å². The third-order valence-corrected chi connectivity index (χ3v) is 3.75. The maximum absolute atomic E-state index is 11.9. The van der Waals surface area contributed by atoms with Crippen LogP contribution in [-0.4, -0.2) is 18.6 Å². The number of rotatable bonds is 3. The molecule has 1 aliphatic rings. The molecule has 5 heteroatoms. The molecule has 1 atom stereocenters. The molecule has 20 heavy (non-hydrogen) atoms. The first-order valence-corrected chi connectivity index (χ1v) is 7.23. The van der Waals surface area contributed by atoms with Crippen molar-refractivity contribution >= 4 is 21.8 Å². The fraction of sp³-hybridized carbons (Fsp3) is 0.267. The second kappa shape index (κ2) is 5.81. The van der Waals surface area contributed by atoms with E-state index in [1.54, 1.807) is 12.1 Å². The summed E-state index contributed by atoms with van der Waals surface area (Å²) in [4.78, 5) is 11.9. The second-order valence-electron chi connectivity index (χ2n) is 4.72. The number of fused-ring (bicyclic) bond motifs is 1. The zero-order valence-electron chi connectivity index (χ0n) is 10.8. The Kier molecular flexibility index (Phi) is 3.89. The highest BCUT2D eigenvalue weighted by atomic mass is 79.9. The van der Waals surface area contributed by atoms with Crippen molar-refractivity contribution in [3.8, 4) is 0 Å². The lowest BCUT2D eigenvalue weighted by Crippen LogP contribution is -2.36. The summed E-state index contributed by atoms with van der Waals surface area (Å²) in [5.74, 6) is 0.0752. The summed E-state index contributed by atoms with van der Waals surface area (Å²) in [6.07, 6.45) is 0.824. The Hall–Kier alpha value is -1.59. The molecule has 1 aromatic heterocycles. The van der Waals surface area contributed by atoms with Crippen LogP contribution in [0.4, 0.5) is 0 Å². The molecule has 0 spiro atoms. The lowest BCUT2D eigenvalue weighted by Gasteiger charge is -2.25. The number of furan rings is 1. The summed E-state index contributed by atoms with van der Waals surface area (Å²) in [5.41, 5.74) is 2.52. The average Bonchev–Trinajstić information content (AvgIpc) is 2.91. The van der Waals surface area contributed by atoms with E-state index in [2.05, 4.69) is 33.4 Å². The average molecular weight is 336 g/mol. The van der Waals surface area contributed by atoms with Crippen LogP contribution < -0.4 is 5.32 Å². The van der Waals surface area contributed by atoms with E-state index in [1.165, 1.54) is 11.1 Å². The second-order valence-corrected chi connectivity index (χ2v) is 5.50. The van der Waals surface area contributed by atoms with Crippen molar-refractivity contribution in [1.82, 2.24) is 5.32 Å². The van der Waals surface area contributed by atoms with E-state index in [9.17, 15) is 4.79 Å². The molecule has 104 valence electrons. The third kappa shape index (κ3) is 2.94. The van der Waals surface area contributed by atoms with Gasteiger partial charge in [-0.3, -0.25) is 4.79 Å². The van der Waals surface area contributed by atoms with Gasteiger partial charge < -0.3 is 14.5 Å². The first-order chi connectivity index (χ1) is 9.72. The highest BCUT2D eigenvalue weighted by Gasteiger charge is 2.20. The maximum Gasteiger partial charge on any atom is 0.287 e. The van der Waals surface area contributed by atoms with Crippen molar-refractivity contribution in [2.24, 2.45) is 0 Å². The van der Waals surface area contributed by atoms with Gasteiger partial charge in [-0.15, -0.1) is 0 Å². The summed E-state index contributed by atoms with van der Waals surface area (Å²) in [6, 6.07) is 11.6. The Bertz CT molecular complexity index is 623. The quantitative estimate of drug-likeness (QED) is 0.938. The molecular weight excluding hydrogens is 322 g/mol. The molecule has 1 amide bonds. The minimum atomic E-state index is -0.224. The molecule has 2 heterocycles. The van der Waals surface area contributed by atoms with Crippen LogP contribution in [-0.2, 0) is 17.8 Å². The van der Waals surface area contributed by atoms with Crippen molar-refractivity contribution < 1.29 is 13.9 Å². The first kappa shape index (κ1) is 13.4. The minimum Gasteiger partial charge on any atom is -0.444 e. The van der Waals surface area contributed by atoms with Crippen molar-refractivity contribution in [2.45, 2.75) is 19.1 Å². The summed E-state index contributed by atoms with van der Waals surface area (Å²) in [5, 5.41) is 2.83. The van der Waals surface area contributed by atoms with Crippen molar-refractivity contribution in [3.05, 3.63) is 58.0 Å². The summed E-state index contributed by atoms with van der Waals surface area (Å²) in [7, 11) is 0. The van der Waals surface area contributed by atoms with Gasteiger partial charge in [0.05, 0.1) is 12.7 Å². The Morgan fingerprint density at radius 2 is 2.05 bits per heavy atom. The highest BCUT2D eigenvalue weighted by Crippen LogP contribution is 2.20. The van der Waals surface area contributed by atoms with Crippen LogP contribution in [0, 0.1) is 0 Å². The lowest BCUT2D eigenvalue weighted by molar-refractivity contribution is 0.0282. The molecule has 1 aromatic carbocycles. The smallest absolute Gasteiger partial charge is 0.287 e. The zero-order chi connectivity index (χ0) is 13.9. The molecule has 2 aromatic rings. The molecule has 1 N–H and O–H groups in total. The van der Waals surface area contributed by atoms with Crippen LogP contribution in [0.5, 0.6) is 0 Å². The van der Waals surface area contributed by atoms with Crippen LogP contribution in [0.3, 0.4) is 0 Å². The van der Waals surface area contributed by atoms with E-state index >= 15 is 0 Å². The van der Waals surface area contributed by atoms with Crippen molar-refractivity contribution in [1.29, 1.82) is 0 Å². The molecule has 3 rings (SSSR count). The van der Waals surface area contributed by atoms with E-state index in [0.29, 0.717) is 23.6 Å². The van der Waals surface area contributed by atoms with E-state index in [0.717, 1.165) is 6.42 Å². The molecule has 0 saturated carbocycles. The molecule has 0 aliphatic carbocycles. The number of carbonyl (C=O) groups is 1. The molecule has 1 aliphatic heterocycles. The summed E-state index contributed by atoms with van der Waals surface area (Å²) >= 11 is 3.17. The molecule has 0 saturated heterocycles. The number of halogens is 1.